The molecule has 1 aromatic heterocycles. The summed E-state index contributed by atoms with van der Waals surface area (Å²) in [5.41, 5.74) is 1.55. The lowest BCUT2D eigenvalue weighted by atomic mass is 10.1. The van der Waals surface area contributed by atoms with E-state index >= 15 is 0 Å². The van der Waals surface area contributed by atoms with Crippen molar-refractivity contribution in [3.05, 3.63) is 76.1 Å². The normalized spacial score (nSPS) is 10.8. The Bertz CT molecular complexity index is 832. The molecule has 2 nitrogen and oxygen atoms in total. The molecule has 0 radical (unpaired) electrons. The first-order valence-electron chi connectivity index (χ1n) is 6.46. The maximum Gasteiger partial charge on any atom is 0.171 e. The monoisotopic (exact) mass is 343 g/mol. The molecule has 1 heterocycles. The van der Waals surface area contributed by atoms with E-state index < -0.39 is 5.82 Å². The molecule has 0 aliphatic carbocycles. The van der Waals surface area contributed by atoms with Gasteiger partial charge in [-0.3, -0.25) is 9.78 Å². The van der Waals surface area contributed by atoms with E-state index in [0.717, 1.165) is 10.9 Å². The van der Waals surface area contributed by atoms with Crippen molar-refractivity contribution in [3.8, 4) is 0 Å². The molecule has 0 bridgehead atoms. The van der Waals surface area contributed by atoms with Crippen molar-refractivity contribution in [1.82, 2.24) is 4.98 Å². The van der Waals surface area contributed by atoms with Gasteiger partial charge in [-0.05, 0) is 30.3 Å². The lowest BCUT2D eigenvalue weighted by molar-refractivity contribution is 0.0988. The summed E-state index contributed by atoms with van der Waals surface area (Å²) in [6.07, 6.45) is 0.0816. The van der Waals surface area contributed by atoms with Crippen molar-refractivity contribution >= 4 is 32.6 Å². The average molecular weight is 344 g/mol. The summed E-state index contributed by atoms with van der Waals surface area (Å²) in [7, 11) is 0. The Kier molecular flexibility index (Phi) is 3.80. The van der Waals surface area contributed by atoms with E-state index in [-0.39, 0.29) is 17.8 Å². The largest absolute Gasteiger partial charge is 0.294 e. The van der Waals surface area contributed by atoms with Gasteiger partial charge in [-0.15, -0.1) is 0 Å². The highest BCUT2D eigenvalue weighted by atomic mass is 79.9. The third kappa shape index (κ3) is 3.00. The number of carbonyl (C=O) groups excluding carboxylic acids is 1. The SMILES string of the molecule is O=C(Cc1ccc2ccccc2n1)c1cc(Br)ccc1F. The summed E-state index contributed by atoms with van der Waals surface area (Å²) in [6.45, 7) is 0. The Labute approximate surface area is 129 Å². The van der Waals surface area contributed by atoms with Gasteiger partial charge in [0.15, 0.2) is 5.78 Å². The van der Waals surface area contributed by atoms with Crippen molar-refractivity contribution in [2.45, 2.75) is 6.42 Å². The van der Waals surface area contributed by atoms with Crippen molar-refractivity contribution in [2.75, 3.05) is 0 Å². The summed E-state index contributed by atoms with van der Waals surface area (Å²) < 4.78 is 14.4. The fourth-order valence-electron chi connectivity index (χ4n) is 2.18. The molecule has 3 aromatic rings. The third-order valence-corrected chi connectivity index (χ3v) is 3.72. The van der Waals surface area contributed by atoms with Crippen molar-refractivity contribution in [1.29, 1.82) is 0 Å². The van der Waals surface area contributed by atoms with Crippen LogP contribution >= 0.6 is 15.9 Å². The summed E-state index contributed by atoms with van der Waals surface area (Å²) in [6, 6.07) is 15.8. The molecule has 0 aliphatic rings. The van der Waals surface area contributed by atoms with Crippen LogP contribution in [0.15, 0.2) is 59.1 Å². The zero-order valence-corrected chi connectivity index (χ0v) is 12.6. The molecule has 2 aromatic carbocycles. The molecule has 0 amide bonds. The Morgan fingerprint density at radius 2 is 1.90 bits per heavy atom. The van der Waals surface area contributed by atoms with Crippen LogP contribution in [-0.4, -0.2) is 10.8 Å². The van der Waals surface area contributed by atoms with Gasteiger partial charge < -0.3 is 0 Å². The number of Topliss-reactive ketones (excluding diaryl/α,β-unsaturated/α-hetero) is 1. The van der Waals surface area contributed by atoms with Gasteiger partial charge in [0.25, 0.3) is 0 Å². The molecule has 0 saturated carbocycles. The number of aromatic nitrogens is 1. The Morgan fingerprint density at radius 1 is 1.10 bits per heavy atom. The van der Waals surface area contributed by atoms with Gasteiger partial charge in [0.1, 0.15) is 5.82 Å². The summed E-state index contributed by atoms with van der Waals surface area (Å²) in [4.78, 5) is 16.7. The maximum absolute atomic E-state index is 13.7. The zero-order chi connectivity index (χ0) is 14.8. The van der Waals surface area contributed by atoms with Crippen LogP contribution in [-0.2, 0) is 6.42 Å². The number of carbonyl (C=O) groups is 1. The van der Waals surface area contributed by atoms with Gasteiger partial charge in [-0.2, -0.15) is 0 Å². The topological polar surface area (TPSA) is 30.0 Å². The number of hydrogen-bond donors (Lipinski definition) is 0. The van der Waals surface area contributed by atoms with E-state index in [2.05, 4.69) is 20.9 Å². The number of hydrogen-bond acceptors (Lipinski definition) is 2. The van der Waals surface area contributed by atoms with Crippen LogP contribution in [0.25, 0.3) is 10.9 Å². The molecule has 0 saturated heterocycles. The quantitative estimate of drug-likeness (QED) is 0.652. The number of rotatable bonds is 3. The van der Waals surface area contributed by atoms with Crippen LogP contribution in [0.5, 0.6) is 0 Å². The van der Waals surface area contributed by atoms with Crippen molar-refractivity contribution in [2.24, 2.45) is 0 Å². The molecule has 3 rings (SSSR count). The number of pyridine rings is 1. The molecule has 0 spiro atoms. The van der Waals surface area contributed by atoms with E-state index in [1.165, 1.54) is 12.1 Å². The van der Waals surface area contributed by atoms with E-state index in [0.29, 0.717) is 10.2 Å². The second-order valence-corrected chi connectivity index (χ2v) is 5.64. The lowest BCUT2D eigenvalue weighted by Gasteiger charge is -2.05. The van der Waals surface area contributed by atoms with Crippen LogP contribution in [0.1, 0.15) is 16.1 Å². The highest BCUT2D eigenvalue weighted by molar-refractivity contribution is 9.10. The standard InChI is InChI=1S/C17H11BrFNO/c18-12-6-8-15(19)14(9-12)17(21)10-13-7-5-11-3-1-2-4-16(11)20-13/h1-9H,10H2. The number of benzene rings is 2. The first-order chi connectivity index (χ1) is 10.1. The second kappa shape index (κ2) is 5.74. The molecule has 0 unspecified atom stereocenters. The molecule has 0 atom stereocenters. The Hall–Kier alpha value is -2.07. The van der Waals surface area contributed by atoms with Crippen LogP contribution in [0.2, 0.25) is 0 Å². The second-order valence-electron chi connectivity index (χ2n) is 4.72. The van der Waals surface area contributed by atoms with Crippen LogP contribution in [0.4, 0.5) is 4.39 Å². The number of ketones is 1. The van der Waals surface area contributed by atoms with Gasteiger partial charge in [0.2, 0.25) is 0 Å². The van der Waals surface area contributed by atoms with Crippen LogP contribution in [0, 0.1) is 5.82 Å². The molecule has 0 aliphatic heterocycles. The summed E-state index contributed by atoms with van der Waals surface area (Å²) in [5, 5.41) is 1.02. The highest BCUT2D eigenvalue weighted by Crippen LogP contribution is 2.18. The minimum Gasteiger partial charge on any atom is -0.294 e. The molecule has 0 N–H and O–H groups in total. The zero-order valence-electron chi connectivity index (χ0n) is 11.0. The summed E-state index contributed by atoms with van der Waals surface area (Å²) >= 11 is 3.25. The van der Waals surface area contributed by atoms with Gasteiger partial charge in [0, 0.05) is 15.6 Å². The van der Waals surface area contributed by atoms with Gasteiger partial charge in [-0.1, -0.05) is 40.2 Å². The molecule has 4 heteroatoms. The molecule has 0 fully saturated rings. The minimum atomic E-state index is -0.510. The molecular weight excluding hydrogens is 333 g/mol. The van der Waals surface area contributed by atoms with Crippen LogP contribution in [0.3, 0.4) is 0 Å². The first-order valence-corrected chi connectivity index (χ1v) is 7.26. The van der Waals surface area contributed by atoms with E-state index in [9.17, 15) is 9.18 Å². The van der Waals surface area contributed by atoms with Crippen molar-refractivity contribution < 1.29 is 9.18 Å². The first kappa shape index (κ1) is 13.9. The van der Waals surface area contributed by atoms with Gasteiger partial charge in [0.05, 0.1) is 17.5 Å². The van der Waals surface area contributed by atoms with Crippen LogP contribution < -0.4 is 0 Å². The number of para-hydroxylation sites is 1. The highest BCUT2D eigenvalue weighted by Gasteiger charge is 2.13. The lowest BCUT2D eigenvalue weighted by Crippen LogP contribution is -2.07. The number of halogens is 2. The predicted octanol–water partition coefficient (Wildman–Crippen LogP) is 4.56. The van der Waals surface area contributed by atoms with Gasteiger partial charge in [-0.25, -0.2) is 4.39 Å². The Morgan fingerprint density at radius 3 is 2.76 bits per heavy atom. The smallest absolute Gasteiger partial charge is 0.171 e. The number of fused-ring (bicyclic) bond motifs is 1. The number of nitrogens with zero attached hydrogens (tertiary/aromatic N) is 1. The fraction of sp³-hybridized carbons (Fsp3) is 0.0588. The predicted molar refractivity (Wildman–Crippen MR) is 83.9 cm³/mol. The van der Waals surface area contributed by atoms with Crippen molar-refractivity contribution in [3.63, 3.8) is 0 Å². The fourth-order valence-corrected chi connectivity index (χ4v) is 2.54. The molecule has 104 valence electrons. The Balaban J connectivity index is 1.90. The van der Waals surface area contributed by atoms with E-state index in [4.69, 9.17) is 0 Å². The maximum atomic E-state index is 13.7. The molecule has 21 heavy (non-hydrogen) atoms. The van der Waals surface area contributed by atoms with E-state index in [1.807, 2.05) is 30.3 Å². The van der Waals surface area contributed by atoms with Gasteiger partial charge >= 0.3 is 0 Å². The molecular formula is C17H11BrFNO. The summed E-state index contributed by atoms with van der Waals surface area (Å²) in [5.74, 6) is -0.791. The van der Waals surface area contributed by atoms with E-state index in [1.54, 1.807) is 12.1 Å². The third-order valence-electron chi connectivity index (χ3n) is 3.23. The minimum absolute atomic E-state index is 0.0816. The average Bonchev–Trinajstić information content (AvgIpc) is 2.49.